The highest BCUT2D eigenvalue weighted by molar-refractivity contribution is 7.89. The van der Waals surface area contributed by atoms with Crippen molar-refractivity contribution in [2.24, 2.45) is 5.92 Å². The first kappa shape index (κ1) is 18.6. The van der Waals surface area contributed by atoms with Gasteiger partial charge in [0.2, 0.25) is 10.0 Å². The van der Waals surface area contributed by atoms with E-state index in [0.29, 0.717) is 5.76 Å². The van der Waals surface area contributed by atoms with Crippen LogP contribution < -0.4 is 0 Å². The van der Waals surface area contributed by atoms with E-state index >= 15 is 0 Å². The summed E-state index contributed by atoms with van der Waals surface area (Å²) in [5.41, 5.74) is 0.933. The van der Waals surface area contributed by atoms with Crippen molar-refractivity contribution in [2.45, 2.75) is 6.10 Å². The molecule has 0 spiro atoms. The Hall–Kier alpha value is -2.23. The number of hydrogen-bond donors (Lipinski definition) is 1. The molecule has 2 heterocycles. The predicted molar refractivity (Wildman–Crippen MR) is 94.8 cm³/mol. The van der Waals surface area contributed by atoms with Crippen molar-refractivity contribution in [2.75, 3.05) is 32.9 Å². The quantitative estimate of drug-likeness (QED) is 0.819. The third-order valence-electron chi connectivity index (χ3n) is 4.46. The van der Waals surface area contributed by atoms with Gasteiger partial charge in [-0.1, -0.05) is 35.5 Å². The zero-order chi connectivity index (χ0) is 18.9. The van der Waals surface area contributed by atoms with Crippen LogP contribution in [0, 0.1) is 5.92 Å². The van der Waals surface area contributed by atoms with E-state index in [2.05, 4.69) is 5.16 Å². The van der Waals surface area contributed by atoms with Gasteiger partial charge in [0.05, 0.1) is 11.9 Å². The molecule has 9 heteroatoms. The molecule has 1 aliphatic rings. The number of β-amino-alcohol motifs (C(OH)–C–C–N with tert-alkyl or cyclic N) is 1. The van der Waals surface area contributed by atoms with Gasteiger partial charge in [0.1, 0.15) is 0 Å². The molecule has 2 atom stereocenters. The zero-order valence-corrected chi connectivity index (χ0v) is 15.4. The Bertz CT molecular complexity index is 879. The largest absolute Gasteiger partial charge is 0.391 e. The summed E-state index contributed by atoms with van der Waals surface area (Å²) in [7, 11) is -0.570. The van der Waals surface area contributed by atoms with Gasteiger partial charge in [0.25, 0.3) is 5.91 Å². The van der Waals surface area contributed by atoms with Gasteiger partial charge >= 0.3 is 0 Å². The second kappa shape index (κ2) is 7.18. The van der Waals surface area contributed by atoms with Crippen LogP contribution in [0.2, 0.25) is 0 Å². The van der Waals surface area contributed by atoms with E-state index in [1.54, 1.807) is 6.07 Å². The lowest BCUT2D eigenvalue weighted by molar-refractivity contribution is 0.0754. The normalized spacial score (nSPS) is 20.7. The summed E-state index contributed by atoms with van der Waals surface area (Å²) < 4.78 is 30.4. The number of carbonyl (C=O) groups is 1. The molecule has 1 fully saturated rings. The summed E-state index contributed by atoms with van der Waals surface area (Å²) in [6.07, 6.45) is -0.894. The van der Waals surface area contributed by atoms with E-state index in [1.807, 2.05) is 30.3 Å². The maximum absolute atomic E-state index is 12.6. The zero-order valence-electron chi connectivity index (χ0n) is 14.6. The fourth-order valence-corrected chi connectivity index (χ4v) is 4.05. The molecule has 3 rings (SSSR count). The van der Waals surface area contributed by atoms with Crippen molar-refractivity contribution in [1.29, 1.82) is 0 Å². The summed E-state index contributed by atoms with van der Waals surface area (Å²) in [6, 6.07) is 10.8. The Morgan fingerprint density at radius 2 is 2.00 bits per heavy atom. The SMILES string of the molecule is CN(C)S(=O)(=O)C[C@@H]1CN(C(=O)c2cc(-c3ccccc3)on2)C[C@H]1O. The number of hydrogen-bond acceptors (Lipinski definition) is 6. The van der Waals surface area contributed by atoms with Crippen LogP contribution >= 0.6 is 0 Å². The smallest absolute Gasteiger partial charge is 0.276 e. The molecule has 1 aromatic heterocycles. The molecule has 1 saturated heterocycles. The number of likely N-dealkylation sites (tertiary alicyclic amines) is 1. The van der Waals surface area contributed by atoms with Crippen LogP contribution in [0.4, 0.5) is 0 Å². The average Bonchev–Trinajstić information content (AvgIpc) is 3.22. The molecule has 1 aliphatic heterocycles. The second-order valence-electron chi connectivity index (χ2n) is 6.54. The van der Waals surface area contributed by atoms with E-state index in [-0.39, 0.29) is 30.4 Å². The summed E-state index contributed by atoms with van der Waals surface area (Å²) in [5, 5.41) is 14.0. The van der Waals surface area contributed by atoms with Gasteiger partial charge in [-0.05, 0) is 0 Å². The molecule has 8 nitrogen and oxygen atoms in total. The molecule has 1 amide bonds. The molecule has 1 N–H and O–H groups in total. The number of aromatic nitrogens is 1. The van der Waals surface area contributed by atoms with E-state index in [0.717, 1.165) is 9.87 Å². The highest BCUT2D eigenvalue weighted by Gasteiger charge is 2.38. The Kier molecular flexibility index (Phi) is 5.12. The second-order valence-corrected chi connectivity index (χ2v) is 8.77. The van der Waals surface area contributed by atoms with Crippen molar-refractivity contribution >= 4 is 15.9 Å². The van der Waals surface area contributed by atoms with Crippen LogP contribution in [0.15, 0.2) is 40.9 Å². The number of benzene rings is 1. The van der Waals surface area contributed by atoms with Crippen molar-refractivity contribution in [1.82, 2.24) is 14.4 Å². The van der Waals surface area contributed by atoms with Crippen LogP contribution in [0.25, 0.3) is 11.3 Å². The van der Waals surface area contributed by atoms with Gasteiger partial charge in [-0.2, -0.15) is 0 Å². The standard InChI is InChI=1S/C17H21N3O5S/c1-19(2)26(23,24)11-13-9-20(10-15(13)21)17(22)14-8-16(25-18-14)12-6-4-3-5-7-12/h3-8,13,15,21H,9-11H2,1-2H3/t13-,15+/m0/s1. The monoisotopic (exact) mass is 379 g/mol. The van der Waals surface area contributed by atoms with Gasteiger partial charge in [0.15, 0.2) is 11.5 Å². The van der Waals surface area contributed by atoms with E-state index in [4.69, 9.17) is 4.52 Å². The highest BCUT2D eigenvalue weighted by atomic mass is 32.2. The van der Waals surface area contributed by atoms with Crippen LogP contribution in [0.5, 0.6) is 0 Å². The lowest BCUT2D eigenvalue weighted by Crippen LogP contribution is -2.33. The summed E-state index contributed by atoms with van der Waals surface area (Å²) in [4.78, 5) is 14.0. The van der Waals surface area contributed by atoms with Crippen LogP contribution in [-0.4, -0.2) is 72.8 Å². The van der Waals surface area contributed by atoms with Crippen molar-refractivity contribution < 1.29 is 22.8 Å². The van der Waals surface area contributed by atoms with E-state index in [9.17, 15) is 18.3 Å². The van der Waals surface area contributed by atoms with Gasteiger partial charge in [-0.25, -0.2) is 12.7 Å². The van der Waals surface area contributed by atoms with E-state index < -0.39 is 22.0 Å². The number of sulfonamides is 1. The Labute approximate surface area is 152 Å². The topological polar surface area (TPSA) is 104 Å². The van der Waals surface area contributed by atoms with Crippen molar-refractivity contribution in [3.63, 3.8) is 0 Å². The third kappa shape index (κ3) is 3.79. The molecular formula is C17H21N3O5S. The van der Waals surface area contributed by atoms with Crippen LogP contribution in [-0.2, 0) is 10.0 Å². The number of carbonyl (C=O) groups excluding carboxylic acids is 1. The number of aliphatic hydroxyl groups is 1. The maximum Gasteiger partial charge on any atom is 0.276 e. The molecule has 1 aromatic carbocycles. The molecule has 140 valence electrons. The minimum absolute atomic E-state index is 0.0694. The van der Waals surface area contributed by atoms with Gasteiger partial charge in [0, 0.05) is 44.7 Å². The van der Waals surface area contributed by atoms with Crippen molar-refractivity contribution in [3.05, 3.63) is 42.1 Å². The maximum atomic E-state index is 12.6. The van der Waals surface area contributed by atoms with Gasteiger partial charge in [-0.3, -0.25) is 4.79 Å². The third-order valence-corrected chi connectivity index (χ3v) is 6.42. The minimum atomic E-state index is -3.46. The first-order chi connectivity index (χ1) is 12.3. The number of aliphatic hydroxyl groups excluding tert-OH is 1. The predicted octanol–water partition coefficient (Wildman–Crippen LogP) is 0.666. The molecule has 26 heavy (non-hydrogen) atoms. The molecule has 0 unspecified atom stereocenters. The average molecular weight is 379 g/mol. The van der Waals surface area contributed by atoms with Crippen molar-refractivity contribution in [3.8, 4) is 11.3 Å². The molecule has 0 saturated carbocycles. The minimum Gasteiger partial charge on any atom is -0.391 e. The Balaban J connectivity index is 1.71. The fourth-order valence-electron chi connectivity index (χ4n) is 2.88. The summed E-state index contributed by atoms with van der Waals surface area (Å²) in [6.45, 7) is 0.223. The fraction of sp³-hybridized carbons (Fsp3) is 0.412. The van der Waals surface area contributed by atoms with Gasteiger partial charge in [-0.15, -0.1) is 0 Å². The van der Waals surface area contributed by atoms with Crippen LogP contribution in [0.3, 0.4) is 0 Å². The van der Waals surface area contributed by atoms with E-state index in [1.165, 1.54) is 19.0 Å². The Morgan fingerprint density at radius 1 is 1.31 bits per heavy atom. The molecule has 2 aromatic rings. The lowest BCUT2D eigenvalue weighted by atomic mass is 10.1. The molecule has 0 aliphatic carbocycles. The van der Waals surface area contributed by atoms with Gasteiger partial charge < -0.3 is 14.5 Å². The highest BCUT2D eigenvalue weighted by Crippen LogP contribution is 2.24. The van der Waals surface area contributed by atoms with Crippen LogP contribution in [0.1, 0.15) is 10.5 Å². The molecule has 0 radical (unpaired) electrons. The summed E-state index contributed by atoms with van der Waals surface area (Å²) in [5.74, 6) is -0.661. The number of rotatable bonds is 5. The number of nitrogens with zero attached hydrogens (tertiary/aromatic N) is 3. The first-order valence-electron chi connectivity index (χ1n) is 8.17. The molecular weight excluding hydrogens is 358 g/mol. The lowest BCUT2D eigenvalue weighted by Gasteiger charge is -2.17. The molecule has 0 bridgehead atoms. The Morgan fingerprint density at radius 3 is 2.65 bits per heavy atom. The number of amides is 1. The first-order valence-corrected chi connectivity index (χ1v) is 9.78. The summed E-state index contributed by atoms with van der Waals surface area (Å²) >= 11 is 0.